The van der Waals surface area contributed by atoms with Crippen molar-refractivity contribution >= 4 is 22.4 Å². The summed E-state index contributed by atoms with van der Waals surface area (Å²) in [7, 11) is 0. The van der Waals surface area contributed by atoms with Crippen LogP contribution in [-0.2, 0) is 0 Å². The van der Waals surface area contributed by atoms with Crippen LogP contribution in [0.1, 0.15) is 0 Å². The molecule has 18 heavy (non-hydrogen) atoms. The topological polar surface area (TPSA) is 47.9 Å². The normalized spacial score (nSPS) is 10.5. The highest BCUT2D eigenvalue weighted by molar-refractivity contribution is 6.30. The van der Waals surface area contributed by atoms with Crippen molar-refractivity contribution in [1.82, 2.24) is 15.0 Å². The molecule has 0 N–H and O–H groups in total. The summed E-state index contributed by atoms with van der Waals surface area (Å²) in [6.07, 6.45) is 6.48. The first-order valence-corrected chi connectivity index (χ1v) is 5.69. The Labute approximate surface area is 108 Å². The lowest BCUT2D eigenvalue weighted by Gasteiger charge is -2.06. The fourth-order valence-corrected chi connectivity index (χ4v) is 1.72. The molecule has 1 aromatic carbocycles. The first-order valence-electron chi connectivity index (χ1n) is 5.31. The predicted molar refractivity (Wildman–Crippen MR) is 68.9 cm³/mol. The summed E-state index contributed by atoms with van der Waals surface area (Å²) in [6, 6.07) is 7.93. The average Bonchev–Trinajstić information content (AvgIpc) is 2.42. The van der Waals surface area contributed by atoms with E-state index in [-0.39, 0.29) is 6.01 Å². The molecule has 5 heteroatoms. The molecule has 0 unspecified atom stereocenters. The lowest BCUT2D eigenvalue weighted by molar-refractivity contribution is 0.446. The van der Waals surface area contributed by atoms with E-state index in [2.05, 4.69) is 15.0 Å². The van der Waals surface area contributed by atoms with Crippen LogP contribution in [0.25, 0.3) is 10.8 Å². The number of hydrogen-bond acceptors (Lipinski definition) is 4. The van der Waals surface area contributed by atoms with Crippen molar-refractivity contribution in [3.63, 3.8) is 0 Å². The third-order valence-corrected chi connectivity index (χ3v) is 2.64. The van der Waals surface area contributed by atoms with E-state index in [1.165, 1.54) is 12.4 Å². The second kappa shape index (κ2) is 4.58. The van der Waals surface area contributed by atoms with Gasteiger partial charge < -0.3 is 4.74 Å². The van der Waals surface area contributed by atoms with Gasteiger partial charge >= 0.3 is 6.01 Å². The van der Waals surface area contributed by atoms with Crippen LogP contribution in [0.3, 0.4) is 0 Å². The molecule has 0 bridgehead atoms. The SMILES string of the molecule is Clc1cnc(Oc2cccc3ccncc23)nc1. The molecule has 0 radical (unpaired) electrons. The van der Waals surface area contributed by atoms with Crippen molar-refractivity contribution in [2.75, 3.05) is 0 Å². The zero-order chi connectivity index (χ0) is 12.4. The second-order valence-corrected chi connectivity index (χ2v) is 4.08. The Kier molecular flexibility index (Phi) is 2.78. The minimum absolute atomic E-state index is 0.260. The van der Waals surface area contributed by atoms with Gasteiger partial charge in [-0.15, -0.1) is 0 Å². The highest BCUT2D eigenvalue weighted by Crippen LogP contribution is 2.27. The largest absolute Gasteiger partial charge is 0.424 e. The molecule has 0 amide bonds. The lowest BCUT2D eigenvalue weighted by Crippen LogP contribution is -1.91. The van der Waals surface area contributed by atoms with E-state index in [0.717, 1.165) is 10.8 Å². The molecule has 0 saturated heterocycles. The number of fused-ring (bicyclic) bond motifs is 1. The smallest absolute Gasteiger partial charge is 0.321 e. The van der Waals surface area contributed by atoms with Crippen LogP contribution in [0.2, 0.25) is 5.02 Å². The fraction of sp³-hybridized carbons (Fsp3) is 0. The molecule has 0 saturated carbocycles. The van der Waals surface area contributed by atoms with Gasteiger partial charge in [-0.05, 0) is 17.5 Å². The van der Waals surface area contributed by atoms with Crippen LogP contribution in [0.4, 0.5) is 0 Å². The summed E-state index contributed by atoms with van der Waals surface area (Å²) in [5.74, 6) is 0.669. The lowest BCUT2D eigenvalue weighted by atomic mass is 10.2. The van der Waals surface area contributed by atoms with E-state index >= 15 is 0 Å². The van der Waals surface area contributed by atoms with Gasteiger partial charge in [-0.2, -0.15) is 0 Å². The van der Waals surface area contributed by atoms with Crippen LogP contribution in [-0.4, -0.2) is 15.0 Å². The standard InChI is InChI=1S/C13H8ClN3O/c14-10-6-16-13(17-7-10)18-12-3-1-2-9-4-5-15-8-11(9)12/h1-8H. The van der Waals surface area contributed by atoms with Crippen LogP contribution < -0.4 is 4.74 Å². The first-order chi connectivity index (χ1) is 8.83. The number of rotatable bonds is 2. The van der Waals surface area contributed by atoms with Gasteiger partial charge in [0.05, 0.1) is 17.4 Å². The zero-order valence-corrected chi connectivity index (χ0v) is 10.0. The fourth-order valence-electron chi connectivity index (χ4n) is 1.63. The Bertz CT molecular complexity index is 680. The highest BCUT2D eigenvalue weighted by Gasteiger charge is 2.04. The number of aromatic nitrogens is 3. The number of halogens is 1. The predicted octanol–water partition coefficient (Wildman–Crippen LogP) is 3.47. The van der Waals surface area contributed by atoms with Crippen LogP contribution >= 0.6 is 11.6 Å². The van der Waals surface area contributed by atoms with Crippen LogP contribution in [0, 0.1) is 0 Å². The number of hydrogen-bond donors (Lipinski definition) is 0. The van der Waals surface area contributed by atoms with E-state index in [0.29, 0.717) is 10.8 Å². The van der Waals surface area contributed by atoms with Gasteiger partial charge in [0.25, 0.3) is 0 Å². The van der Waals surface area contributed by atoms with Crippen molar-refractivity contribution < 1.29 is 4.74 Å². The first kappa shape index (κ1) is 10.9. The molecule has 3 rings (SSSR count). The van der Waals surface area contributed by atoms with Gasteiger partial charge in [0, 0.05) is 17.8 Å². The van der Waals surface area contributed by atoms with E-state index in [1.54, 1.807) is 12.4 Å². The monoisotopic (exact) mass is 257 g/mol. The van der Waals surface area contributed by atoms with Gasteiger partial charge in [-0.1, -0.05) is 23.7 Å². The number of benzene rings is 1. The van der Waals surface area contributed by atoms with E-state index in [1.807, 2.05) is 24.3 Å². The minimum Gasteiger partial charge on any atom is -0.424 e. The molecule has 0 atom stereocenters. The van der Waals surface area contributed by atoms with Gasteiger partial charge in [0.2, 0.25) is 0 Å². The van der Waals surface area contributed by atoms with E-state index in [9.17, 15) is 0 Å². The molecule has 0 aliphatic rings. The Balaban J connectivity index is 2.02. The summed E-state index contributed by atoms with van der Waals surface area (Å²) in [6.45, 7) is 0. The maximum atomic E-state index is 5.72. The molecule has 2 heterocycles. The molecular weight excluding hydrogens is 250 g/mol. The summed E-state index contributed by atoms with van der Waals surface area (Å²) in [5, 5.41) is 2.44. The second-order valence-electron chi connectivity index (χ2n) is 3.64. The van der Waals surface area contributed by atoms with Crippen molar-refractivity contribution in [2.24, 2.45) is 0 Å². The molecule has 4 nitrogen and oxygen atoms in total. The average molecular weight is 258 g/mol. The van der Waals surface area contributed by atoms with Gasteiger partial charge in [-0.25, -0.2) is 9.97 Å². The maximum absolute atomic E-state index is 5.72. The molecule has 3 aromatic rings. The molecule has 2 aromatic heterocycles. The summed E-state index contributed by atoms with van der Waals surface area (Å²) in [5.41, 5.74) is 0. The Morgan fingerprint density at radius 2 is 1.83 bits per heavy atom. The molecule has 0 fully saturated rings. The van der Waals surface area contributed by atoms with E-state index < -0.39 is 0 Å². The molecule has 0 spiro atoms. The Morgan fingerprint density at radius 3 is 2.67 bits per heavy atom. The van der Waals surface area contributed by atoms with Crippen molar-refractivity contribution in [3.05, 3.63) is 54.1 Å². The van der Waals surface area contributed by atoms with Crippen LogP contribution in [0.15, 0.2) is 49.1 Å². The van der Waals surface area contributed by atoms with E-state index in [4.69, 9.17) is 16.3 Å². The summed E-state index contributed by atoms with van der Waals surface area (Å²) in [4.78, 5) is 12.1. The van der Waals surface area contributed by atoms with Crippen LogP contribution in [0.5, 0.6) is 11.8 Å². The van der Waals surface area contributed by atoms with Crippen molar-refractivity contribution in [1.29, 1.82) is 0 Å². The highest BCUT2D eigenvalue weighted by atomic mass is 35.5. The van der Waals surface area contributed by atoms with Crippen molar-refractivity contribution in [2.45, 2.75) is 0 Å². The summed E-state index contributed by atoms with van der Waals surface area (Å²) < 4.78 is 5.63. The third kappa shape index (κ3) is 2.10. The van der Waals surface area contributed by atoms with Gasteiger partial charge in [0.15, 0.2) is 0 Å². The zero-order valence-electron chi connectivity index (χ0n) is 9.25. The molecule has 0 aliphatic heterocycles. The molecule has 0 aliphatic carbocycles. The maximum Gasteiger partial charge on any atom is 0.321 e. The molecular formula is C13H8ClN3O. The number of pyridine rings is 1. The Morgan fingerprint density at radius 1 is 1.00 bits per heavy atom. The quantitative estimate of drug-likeness (QED) is 0.705. The summed E-state index contributed by atoms with van der Waals surface area (Å²) >= 11 is 5.72. The minimum atomic E-state index is 0.260. The molecule has 88 valence electrons. The Hall–Kier alpha value is -2.20. The third-order valence-electron chi connectivity index (χ3n) is 2.44. The van der Waals surface area contributed by atoms with Gasteiger partial charge in [-0.3, -0.25) is 4.98 Å². The number of ether oxygens (including phenoxy) is 1. The van der Waals surface area contributed by atoms with Crippen molar-refractivity contribution in [3.8, 4) is 11.8 Å². The van der Waals surface area contributed by atoms with Gasteiger partial charge in [0.1, 0.15) is 5.75 Å². The number of nitrogens with zero attached hydrogens (tertiary/aromatic N) is 3.